The van der Waals surface area contributed by atoms with Crippen LogP contribution in [0.2, 0.25) is 0 Å². The van der Waals surface area contributed by atoms with E-state index in [1.54, 1.807) is 7.11 Å². The molecular formula is C26H25NO. The minimum Gasteiger partial charge on any atom is -0.497 e. The van der Waals surface area contributed by atoms with E-state index in [9.17, 15) is 0 Å². The number of fused-ring (bicyclic) bond motifs is 1. The molecule has 0 radical (unpaired) electrons. The lowest BCUT2D eigenvalue weighted by atomic mass is 9.99. The maximum atomic E-state index is 5.49. The second-order valence-electron chi connectivity index (χ2n) is 7.14. The number of hydrogen-bond donors (Lipinski definition) is 0. The number of benzene rings is 3. The van der Waals surface area contributed by atoms with Gasteiger partial charge in [0.15, 0.2) is 0 Å². The third-order valence-corrected chi connectivity index (χ3v) is 5.18. The lowest BCUT2D eigenvalue weighted by Gasteiger charge is -2.06. The lowest BCUT2D eigenvalue weighted by molar-refractivity contribution is 0.415. The minimum atomic E-state index is 0.298. The standard InChI is InChI=1S/C26H25NO/c1-20(13-14-21-9-5-3-6-10-21)25-19-27(18-22-11-7-4-8-12-22)26-16-15-23(28-2)17-24(25)26/h3-17,19-20H,18H2,1-2H3/b14-13+/t20-/m0/s1. The number of methoxy groups -OCH3 is 1. The molecule has 1 heterocycles. The van der Waals surface area contributed by atoms with Crippen LogP contribution in [0, 0.1) is 0 Å². The Hall–Kier alpha value is -3.26. The third kappa shape index (κ3) is 3.86. The van der Waals surface area contributed by atoms with Crippen molar-refractivity contribution in [2.75, 3.05) is 7.11 Å². The maximum absolute atomic E-state index is 5.49. The highest BCUT2D eigenvalue weighted by Gasteiger charge is 2.14. The molecule has 0 aliphatic rings. The average Bonchev–Trinajstić information content (AvgIpc) is 3.11. The molecule has 0 amide bonds. The molecular weight excluding hydrogens is 342 g/mol. The number of nitrogens with zero attached hydrogens (tertiary/aromatic N) is 1. The molecule has 0 N–H and O–H groups in total. The monoisotopic (exact) mass is 367 g/mol. The molecule has 28 heavy (non-hydrogen) atoms. The molecule has 0 saturated heterocycles. The van der Waals surface area contributed by atoms with E-state index < -0.39 is 0 Å². The Morgan fingerprint density at radius 3 is 2.36 bits per heavy atom. The largest absolute Gasteiger partial charge is 0.497 e. The summed E-state index contributed by atoms with van der Waals surface area (Å²) < 4.78 is 7.83. The van der Waals surface area contributed by atoms with E-state index in [1.165, 1.54) is 27.6 Å². The SMILES string of the molecule is COc1ccc2c(c1)c([C@@H](C)/C=C/c1ccccc1)cn2Cc1ccccc1. The summed E-state index contributed by atoms with van der Waals surface area (Å²) in [5, 5.41) is 1.25. The second kappa shape index (κ2) is 8.18. The Morgan fingerprint density at radius 1 is 0.929 bits per heavy atom. The highest BCUT2D eigenvalue weighted by molar-refractivity contribution is 5.86. The molecule has 1 atom stereocenters. The van der Waals surface area contributed by atoms with Crippen molar-refractivity contribution < 1.29 is 4.74 Å². The Morgan fingerprint density at radius 2 is 1.64 bits per heavy atom. The van der Waals surface area contributed by atoms with Crippen molar-refractivity contribution in [1.82, 2.24) is 4.57 Å². The van der Waals surface area contributed by atoms with Crippen LogP contribution in [0.1, 0.15) is 29.5 Å². The van der Waals surface area contributed by atoms with E-state index in [1.807, 2.05) is 12.1 Å². The fourth-order valence-electron chi connectivity index (χ4n) is 3.63. The van der Waals surface area contributed by atoms with Crippen molar-refractivity contribution in [2.24, 2.45) is 0 Å². The van der Waals surface area contributed by atoms with Gasteiger partial charge in [0.2, 0.25) is 0 Å². The topological polar surface area (TPSA) is 14.2 Å². The van der Waals surface area contributed by atoms with Gasteiger partial charge < -0.3 is 9.30 Å². The molecule has 0 aliphatic heterocycles. The molecule has 0 spiro atoms. The van der Waals surface area contributed by atoms with E-state index in [2.05, 4.69) is 96.6 Å². The molecule has 0 unspecified atom stereocenters. The van der Waals surface area contributed by atoms with Crippen molar-refractivity contribution in [1.29, 1.82) is 0 Å². The summed E-state index contributed by atoms with van der Waals surface area (Å²) in [5.74, 6) is 1.19. The molecule has 3 aromatic carbocycles. The minimum absolute atomic E-state index is 0.298. The molecule has 0 saturated carbocycles. The lowest BCUT2D eigenvalue weighted by Crippen LogP contribution is -1.97. The van der Waals surface area contributed by atoms with Crippen LogP contribution in [0.5, 0.6) is 5.75 Å². The number of hydrogen-bond acceptors (Lipinski definition) is 1. The number of allylic oxidation sites excluding steroid dienone is 1. The first-order chi connectivity index (χ1) is 13.7. The summed E-state index contributed by atoms with van der Waals surface area (Å²) in [6.07, 6.45) is 6.76. The van der Waals surface area contributed by atoms with Crippen LogP contribution in [0.4, 0.5) is 0 Å². The van der Waals surface area contributed by atoms with Gasteiger partial charge in [-0.15, -0.1) is 0 Å². The van der Waals surface area contributed by atoms with Gasteiger partial charge >= 0.3 is 0 Å². The molecule has 4 aromatic rings. The molecule has 1 aromatic heterocycles. The number of aromatic nitrogens is 1. The number of rotatable bonds is 6. The normalized spacial score (nSPS) is 12.5. The molecule has 2 heteroatoms. The summed E-state index contributed by atoms with van der Waals surface area (Å²) in [6.45, 7) is 3.11. The van der Waals surface area contributed by atoms with Gasteiger partial charge in [0.05, 0.1) is 7.11 Å². The van der Waals surface area contributed by atoms with E-state index in [0.717, 1.165) is 12.3 Å². The van der Waals surface area contributed by atoms with Crippen LogP contribution >= 0.6 is 0 Å². The van der Waals surface area contributed by atoms with Gasteiger partial charge in [0, 0.05) is 29.6 Å². The zero-order valence-corrected chi connectivity index (χ0v) is 16.4. The summed E-state index contributed by atoms with van der Waals surface area (Å²) in [7, 11) is 1.72. The number of ether oxygens (including phenoxy) is 1. The summed E-state index contributed by atoms with van der Waals surface area (Å²) in [4.78, 5) is 0. The Bertz CT molecular complexity index is 1080. The van der Waals surface area contributed by atoms with Crippen molar-refractivity contribution in [2.45, 2.75) is 19.4 Å². The fraction of sp³-hybridized carbons (Fsp3) is 0.154. The summed E-state index contributed by atoms with van der Waals surface area (Å²) in [5.41, 5.74) is 5.07. The highest BCUT2D eigenvalue weighted by atomic mass is 16.5. The zero-order valence-electron chi connectivity index (χ0n) is 16.4. The first-order valence-corrected chi connectivity index (χ1v) is 9.68. The predicted molar refractivity (Wildman–Crippen MR) is 118 cm³/mol. The van der Waals surface area contributed by atoms with Crippen molar-refractivity contribution in [3.05, 3.63) is 108 Å². The van der Waals surface area contributed by atoms with Gasteiger partial charge in [0.1, 0.15) is 5.75 Å². The van der Waals surface area contributed by atoms with Crippen LogP contribution in [0.15, 0.2) is 91.1 Å². The van der Waals surface area contributed by atoms with E-state index >= 15 is 0 Å². The van der Waals surface area contributed by atoms with Crippen LogP contribution in [-0.4, -0.2) is 11.7 Å². The molecule has 2 nitrogen and oxygen atoms in total. The zero-order chi connectivity index (χ0) is 19.3. The predicted octanol–water partition coefficient (Wildman–Crippen LogP) is 6.52. The second-order valence-corrected chi connectivity index (χ2v) is 7.14. The van der Waals surface area contributed by atoms with Gasteiger partial charge in [0.25, 0.3) is 0 Å². The fourth-order valence-corrected chi connectivity index (χ4v) is 3.63. The molecule has 0 fully saturated rings. The van der Waals surface area contributed by atoms with Gasteiger partial charge in [-0.1, -0.05) is 79.7 Å². The Kier molecular flexibility index (Phi) is 5.29. The molecule has 140 valence electrons. The van der Waals surface area contributed by atoms with Crippen LogP contribution in [-0.2, 0) is 6.54 Å². The van der Waals surface area contributed by atoms with E-state index in [0.29, 0.717) is 5.92 Å². The molecule has 0 aliphatic carbocycles. The van der Waals surface area contributed by atoms with Crippen LogP contribution in [0.3, 0.4) is 0 Å². The quantitative estimate of drug-likeness (QED) is 0.379. The van der Waals surface area contributed by atoms with Crippen molar-refractivity contribution in [3.8, 4) is 5.75 Å². The first kappa shape index (κ1) is 18.1. The Balaban J connectivity index is 1.73. The van der Waals surface area contributed by atoms with E-state index in [-0.39, 0.29) is 0 Å². The summed E-state index contributed by atoms with van der Waals surface area (Å²) in [6, 6.07) is 27.4. The van der Waals surface area contributed by atoms with Crippen molar-refractivity contribution >= 4 is 17.0 Å². The smallest absolute Gasteiger partial charge is 0.119 e. The van der Waals surface area contributed by atoms with Crippen LogP contribution < -0.4 is 4.74 Å². The highest BCUT2D eigenvalue weighted by Crippen LogP contribution is 2.32. The molecule has 4 rings (SSSR count). The van der Waals surface area contributed by atoms with Gasteiger partial charge in [-0.3, -0.25) is 0 Å². The van der Waals surface area contributed by atoms with Gasteiger partial charge in [-0.2, -0.15) is 0 Å². The Labute approximate surface area is 166 Å². The van der Waals surface area contributed by atoms with Gasteiger partial charge in [-0.25, -0.2) is 0 Å². The van der Waals surface area contributed by atoms with Crippen molar-refractivity contribution in [3.63, 3.8) is 0 Å². The average molecular weight is 367 g/mol. The summed E-state index contributed by atoms with van der Waals surface area (Å²) >= 11 is 0. The van der Waals surface area contributed by atoms with Gasteiger partial charge in [-0.05, 0) is 34.9 Å². The molecule has 0 bridgehead atoms. The first-order valence-electron chi connectivity index (χ1n) is 9.68. The maximum Gasteiger partial charge on any atom is 0.119 e. The van der Waals surface area contributed by atoms with E-state index in [4.69, 9.17) is 4.74 Å². The van der Waals surface area contributed by atoms with Crippen LogP contribution in [0.25, 0.3) is 17.0 Å². The third-order valence-electron chi connectivity index (χ3n) is 5.18.